The maximum atomic E-state index is 12.9. The molecule has 0 bridgehead atoms. The van der Waals surface area contributed by atoms with Crippen LogP contribution in [-0.2, 0) is 14.6 Å². The first-order valence-corrected chi connectivity index (χ1v) is 9.42. The molecule has 0 saturated heterocycles. The van der Waals surface area contributed by atoms with Gasteiger partial charge in [-0.15, -0.1) is 0 Å². The molecule has 0 radical (unpaired) electrons. The highest BCUT2D eigenvalue weighted by molar-refractivity contribution is 7.91. The van der Waals surface area contributed by atoms with E-state index < -0.39 is 15.8 Å². The molecule has 0 amide bonds. The summed E-state index contributed by atoms with van der Waals surface area (Å²) >= 11 is 0. The van der Waals surface area contributed by atoms with E-state index in [1.807, 2.05) is 6.92 Å². The maximum Gasteiger partial charge on any atom is 0.308 e. The Kier molecular flexibility index (Phi) is 4.86. The number of sulfone groups is 1. The quantitative estimate of drug-likeness (QED) is 0.518. The van der Waals surface area contributed by atoms with Gasteiger partial charge in [0.05, 0.1) is 15.5 Å². The van der Waals surface area contributed by atoms with E-state index in [0.717, 1.165) is 5.56 Å². The lowest BCUT2D eigenvalue weighted by Crippen LogP contribution is -2.06. The first-order valence-electron chi connectivity index (χ1n) is 7.93. The van der Waals surface area contributed by atoms with Crippen molar-refractivity contribution in [3.63, 3.8) is 0 Å². The normalized spacial score (nSPS) is 11.2. The topological polar surface area (TPSA) is 73.3 Å². The van der Waals surface area contributed by atoms with E-state index in [9.17, 15) is 13.2 Å². The number of esters is 1. The number of hydrogen-bond acceptors (Lipinski definition) is 5. The van der Waals surface area contributed by atoms with Crippen LogP contribution in [0.3, 0.4) is 0 Å². The average Bonchev–Trinajstić information content (AvgIpc) is 2.62. The van der Waals surface area contributed by atoms with Crippen LogP contribution < -0.4 is 4.74 Å². The molecule has 0 spiro atoms. The molecule has 26 heavy (non-hydrogen) atoms. The van der Waals surface area contributed by atoms with Crippen molar-refractivity contribution in [3.05, 3.63) is 72.4 Å². The van der Waals surface area contributed by atoms with Gasteiger partial charge in [0, 0.05) is 18.7 Å². The van der Waals surface area contributed by atoms with E-state index in [1.165, 1.54) is 25.1 Å². The number of nitrogens with zero attached hydrogens (tertiary/aromatic N) is 1. The van der Waals surface area contributed by atoms with Crippen molar-refractivity contribution in [2.45, 2.75) is 23.6 Å². The van der Waals surface area contributed by atoms with Gasteiger partial charge in [-0.2, -0.15) is 0 Å². The van der Waals surface area contributed by atoms with Gasteiger partial charge in [0.15, 0.2) is 0 Å². The third kappa shape index (κ3) is 3.65. The van der Waals surface area contributed by atoms with E-state index in [4.69, 9.17) is 4.74 Å². The number of carbonyl (C=O) groups is 1. The Hall–Kier alpha value is -2.99. The Morgan fingerprint density at radius 2 is 1.65 bits per heavy atom. The van der Waals surface area contributed by atoms with Gasteiger partial charge in [-0.1, -0.05) is 23.8 Å². The van der Waals surface area contributed by atoms with Gasteiger partial charge >= 0.3 is 5.97 Å². The SMILES string of the molecule is CC(=O)Oc1ccc(S(=O)(=O)c2ccc(C)cc2)cc1-c1ccccn1. The van der Waals surface area contributed by atoms with Gasteiger partial charge in [-0.05, 0) is 49.4 Å². The highest BCUT2D eigenvalue weighted by atomic mass is 32.2. The molecule has 0 atom stereocenters. The van der Waals surface area contributed by atoms with Crippen molar-refractivity contribution < 1.29 is 17.9 Å². The summed E-state index contributed by atoms with van der Waals surface area (Å²) in [5.41, 5.74) is 1.93. The summed E-state index contributed by atoms with van der Waals surface area (Å²) in [5.74, 6) is -0.227. The number of ether oxygens (including phenoxy) is 1. The smallest absolute Gasteiger partial charge is 0.308 e. The molecule has 5 nitrogen and oxygen atoms in total. The minimum atomic E-state index is -3.70. The Labute approximate surface area is 152 Å². The Balaban J connectivity index is 2.15. The lowest BCUT2D eigenvalue weighted by molar-refractivity contribution is -0.131. The highest BCUT2D eigenvalue weighted by Gasteiger charge is 2.20. The van der Waals surface area contributed by atoms with Gasteiger partial charge < -0.3 is 4.74 Å². The third-order valence-electron chi connectivity index (χ3n) is 3.79. The van der Waals surface area contributed by atoms with Crippen molar-refractivity contribution in [1.82, 2.24) is 4.98 Å². The van der Waals surface area contributed by atoms with Crippen molar-refractivity contribution >= 4 is 15.8 Å². The molecular weight excluding hydrogens is 350 g/mol. The van der Waals surface area contributed by atoms with Crippen molar-refractivity contribution in [2.75, 3.05) is 0 Å². The van der Waals surface area contributed by atoms with Gasteiger partial charge in [0.2, 0.25) is 9.84 Å². The Morgan fingerprint density at radius 1 is 0.962 bits per heavy atom. The number of carbonyl (C=O) groups excluding carboxylic acids is 1. The first kappa shape index (κ1) is 17.8. The Morgan fingerprint density at radius 3 is 2.27 bits per heavy atom. The molecule has 0 N–H and O–H groups in total. The molecule has 2 aromatic carbocycles. The molecule has 1 aromatic heterocycles. The summed E-state index contributed by atoms with van der Waals surface area (Å²) in [6, 6.07) is 16.3. The maximum absolute atomic E-state index is 12.9. The summed E-state index contributed by atoms with van der Waals surface area (Å²) in [4.78, 5) is 15.9. The molecule has 3 aromatic rings. The van der Waals surface area contributed by atoms with Crippen LogP contribution in [-0.4, -0.2) is 19.4 Å². The lowest BCUT2D eigenvalue weighted by Gasteiger charge is -2.12. The average molecular weight is 367 g/mol. The van der Waals surface area contributed by atoms with Crippen molar-refractivity contribution in [3.8, 4) is 17.0 Å². The largest absolute Gasteiger partial charge is 0.426 e. The molecule has 0 fully saturated rings. The van der Waals surface area contributed by atoms with Gasteiger partial charge in [0.1, 0.15) is 5.75 Å². The van der Waals surface area contributed by atoms with Crippen molar-refractivity contribution in [1.29, 1.82) is 0 Å². The molecule has 6 heteroatoms. The fourth-order valence-electron chi connectivity index (χ4n) is 2.50. The molecule has 3 rings (SSSR count). The third-order valence-corrected chi connectivity index (χ3v) is 5.55. The van der Waals surface area contributed by atoms with E-state index in [0.29, 0.717) is 11.3 Å². The molecule has 0 aliphatic heterocycles. The van der Waals surface area contributed by atoms with Crippen LogP contribution >= 0.6 is 0 Å². The van der Waals surface area contributed by atoms with Crippen LogP contribution in [0.15, 0.2) is 76.7 Å². The summed E-state index contributed by atoms with van der Waals surface area (Å²) in [6.45, 7) is 3.18. The summed E-state index contributed by atoms with van der Waals surface area (Å²) < 4.78 is 31.1. The number of hydrogen-bond donors (Lipinski definition) is 0. The van der Waals surface area contributed by atoms with Crippen LogP contribution in [0.1, 0.15) is 12.5 Å². The zero-order valence-corrected chi connectivity index (χ0v) is 15.2. The molecule has 132 valence electrons. The highest BCUT2D eigenvalue weighted by Crippen LogP contribution is 2.33. The number of aryl methyl sites for hydroxylation is 1. The summed E-state index contributed by atoms with van der Waals surface area (Å²) in [6.07, 6.45) is 1.59. The molecule has 0 saturated carbocycles. The molecule has 0 unspecified atom stereocenters. The lowest BCUT2D eigenvalue weighted by atomic mass is 10.1. The van der Waals surface area contributed by atoms with E-state index in [2.05, 4.69) is 4.98 Å². The second-order valence-corrected chi connectivity index (χ2v) is 7.73. The van der Waals surface area contributed by atoms with Crippen LogP contribution in [0.4, 0.5) is 0 Å². The molecular formula is C20H17NO4S. The van der Waals surface area contributed by atoms with Crippen molar-refractivity contribution in [2.24, 2.45) is 0 Å². The monoisotopic (exact) mass is 367 g/mol. The van der Waals surface area contributed by atoms with E-state index >= 15 is 0 Å². The molecule has 0 aliphatic rings. The van der Waals surface area contributed by atoms with Crippen LogP contribution in [0.5, 0.6) is 5.75 Å². The zero-order valence-electron chi connectivity index (χ0n) is 14.3. The number of benzene rings is 2. The first-order chi connectivity index (χ1) is 12.4. The summed E-state index contributed by atoms with van der Waals surface area (Å²) in [7, 11) is -3.70. The van der Waals surface area contributed by atoms with Crippen LogP contribution in [0.2, 0.25) is 0 Å². The number of rotatable bonds is 4. The van der Waals surface area contributed by atoms with E-state index in [-0.39, 0.29) is 15.5 Å². The predicted octanol–water partition coefficient (Wildman–Crippen LogP) is 3.82. The standard InChI is InChI=1S/C20H17NO4S/c1-14-6-8-16(9-7-14)26(23,24)17-10-11-20(25-15(2)22)18(13-17)19-5-3-4-12-21-19/h3-13H,1-2H3. The number of pyridine rings is 1. The second-order valence-electron chi connectivity index (χ2n) is 5.78. The Bertz CT molecular complexity index is 1040. The van der Waals surface area contributed by atoms with Crippen LogP contribution in [0.25, 0.3) is 11.3 Å². The fraction of sp³-hybridized carbons (Fsp3) is 0.100. The second kappa shape index (κ2) is 7.09. The minimum Gasteiger partial charge on any atom is -0.426 e. The van der Waals surface area contributed by atoms with E-state index in [1.54, 1.807) is 48.7 Å². The number of aromatic nitrogens is 1. The van der Waals surface area contributed by atoms with Crippen LogP contribution in [0, 0.1) is 6.92 Å². The molecule has 1 heterocycles. The minimum absolute atomic E-state index is 0.109. The van der Waals surface area contributed by atoms with Gasteiger partial charge in [0.25, 0.3) is 0 Å². The fourth-order valence-corrected chi connectivity index (χ4v) is 3.78. The summed E-state index contributed by atoms with van der Waals surface area (Å²) in [5, 5.41) is 0. The zero-order chi connectivity index (χ0) is 18.7. The van der Waals surface area contributed by atoms with Gasteiger partial charge in [-0.25, -0.2) is 8.42 Å². The molecule has 0 aliphatic carbocycles. The van der Waals surface area contributed by atoms with Gasteiger partial charge in [-0.3, -0.25) is 9.78 Å². The predicted molar refractivity (Wildman–Crippen MR) is 97.6 cm³/mol.